The lowest BCUT2D eigenvalue weighted by atomic mass is 10.2. The molecule has 112 valence electrons. The van der Waals surface area contributed by atoms with E-state index in [2.05, 4.69) is 20.8 Å². The third-order valence-corrected chi connectivity index (χ3v) is 2.46. The summed E-state index contributed by atoms with van der Waals surface area (Å²) in [4.78, 5) is 53.4. The van der Waals surface area contributed by atoms with Gasteiger partial charge >= 0.3 is 24.2 Å². The van der Waals surface area contributed by atoms with Gasteiger partial charge in [-0.1, -0.05) is 12.8 Å². The number of carbonyl (C=O) groups excluding carboxylic acids is 4. The number of urea groups is 2. The van der Waals surface area contributed by atoms with Crippen LogP contribution in [0, 0.1) is 0 Å². The molecule has 1 rings (SSSR count). The maximum Gasteiger partial charge on any atom is 0.461 e. The van der Waals surface area contributed by atoms with Crippen molar-refractivity contribution in [3.05, 3.63) is 0 Å². The second kappa shape index (κ2) is 7.81. The smallest absolute Gasteiger partial charge is 0.351 e. The van der Waals surface area contributed by atoms with Crippen molar-refractivity contribution in [3.8, 4) is 0 Å². The number of nitrogens with two attached hydrogens (primary N) is 1. The maximum absolute atomic E-state index is 11.7. The molecule has 1 aliphatic rings. The molecular formula is C10H16N4O6. The topological polar surface area (TPSA) is 140 Å². The lowest BCUT2D eigenvalue weighted by Crippen LogP contribution is -2.45. The Morgan fingerprint density at radius 2 is 1.85 bits per heavy atom. The van der Waals surface area contributed by atoms with Crippen LogP contribution in [-0.2, 0) is 9.78 Å². The molecule has 1 heterocycles. The summed E-state index contributed by atoms with van der Waals surface area (Å²) in [5.74, 6) is 0. The molecule has 0 bridgehead atoms. The molecule has 0 aromatic rings. The van der Waals surface area contributed by atoms with Gasteiger partial charge in [0.1, 0.15) is 0 Å². The number of nitrogens with zero attached hydrogens (tertiary/aromatic N) is 1. The second-order valence-electron chi connectivity index (χ2n) is 4.01. The van der Waals surface area contributed by atoms with Crippen LogP contribution in [0.2, 0.25) is 0 Å². The van der Waals surface area contributed by atoms with Gasteiger partial charge in [0.25, 0.3) is 0 Å². The van der Waals surface area contributed by atoms with E-state index < -0.39 is 24.2 Å². The molecule has 0 aliphatic carbocycles. The average Bonchev–Trinajstić information content (AvgIpc) is 2.47. The standard InChI is InChI=1S/C10H16N4O6/c11-7(15)13-9(17)19-20-10(18)14-6-4-2-1-3-5-12-8(14)16/h1-6H2,(H,12,16)(H3,11,13,15,17). The van der Waals surface area contributed by atoms with Crippen molar-refractivity contribution in [2.24, 2.45) is 5.73 Å². The summed E-state index contributed by atoms with van der Waals surface area (Å²) >= 11 is 0. The largest absolute Gasteiger partial charge is 0.461 e. The van der Waals surface area contributed by atoms with Gasteiger partial charge in [-0.05, 0) is 12.8 Å². The number of rotatable bonds is 0. The summed E-state index contributed by atoms with van der Waals surface area (Å²) in [7, 11) is 0. The van der Waals surface area contributed by atoms with E-state index in [4.69, 9.17) is 0 Å². The molecule has 0 spiro atoms. The minimum absolute atomic E-state index is 0.144. The fourth-order valence-corrected chi connectivity index (χ4v) is 1.55. The van der Waals surface area contributed by atoms with Crippen LogP contribution < -0.4 is 16.4 Å². The summed E-state index contributed by atoms with van der Waals surface area (Å²) in [5.41, 5.74) is 4.65. The van der Waals surface area contributed by atoms with Crippen molar-refractivity contribution in [2.45, 2.75) is 25.7 Å². The van der Waals surface area contributed by atoms with Gasteiger partial charge in [-0.2, -0.15) is 0 Å². The fraction of sp³-hybridized carbons (Fsp3) is 0.600. The number of imide groups is 2. The van der Waals surface area contributed by atoms with Gasteiger partial charge in [0.15, 0.2) is 0 Å². The molecule has 0 aromatic carbocycles. The Balaban J connectivity index is 2.47. The molecule has 10 nitrogen and oxygen atoms in total. The molecular weight excluding hydrogens is 272 g/mol. The van der Waals surface area contributed by atoms with Crippen LogP contribution in [0.1, 0.15) is 25.7 Å². The summed E-state index contributed by atoms with van der Waals surface area (Å²) in [6.45, 7) is 0.594. The highest BCUT2D eigenvalue weighted by molar-refractivity contribution is 5.92. The van der Waals surface area contributed by atoms with Crippen LogP contribution in [0.4, 0.5) is 19.2 Å². The first-order valence-corrected chi connectivity index (χ1v) is 6.05. The normalized spacial score (nSPS) is 16.0. The van der Waals surface area contributed by atoms with Crippen LogP contribution in [0.5, 0.6) is 0 Å². The Bertz CT molecular complexity index is 399. The van der Waals surface area contributed by atoms with Gasteiger partial charge in [-0.25, -0.2) is 39.2 Å². The number of nitrogens with one attached hydrogen (secondary N) is 2. The molecule has 1 fully saturated rings. The highest BCUT2D eigenvalue weighted by Gasteiger charge is 2.25. The fourth-order valence-electron chi connectivity index (χ4n) is 1.55. The van der Waals surface area contributed by atoms with Crippen molar-refractivity contribution in [3.63, 3.8) is 0 Å². The first-order chi connectivity index (χ1) is 9.50. The van der Waals surface area contributed by atoms with E-state index in [0.717, 1.165) is 24.2 Å². The number of primary amides is 1. The Kier molecular flexibility index (Phi) is 6.07. The minimum atomic E-state index is -1.35. The molecule has 0 saturated carbocycles. The van der Waals surface area contributed by atoms with E-state index in [-0.39, 0.29) is 6.54 Å². The Morgan fingerprint density at radius 1 is 1.15 bits per heavy atom. The van der Waals surface area contributed by atoms with Gasteiger partial charge in [-0.15, -0.1) is 0 Å². The predicted molar refractivity (Wildman–Crippen MR) is 64.3 cm³/mol. The third-order valence-electron chi connectivity index (χ3n) is 2.46. The zero-order chi connectivity index (χ0) is 15.0. The van der Waals surface area contributed by atoms with Crippen molar-refractivity contribution in [2.75, 3.05) is 13.1 Å². The molecule has 6 amide bonds. The Morgan fingerprint density at radius 3 is 2.55 bits per heavy atom. The minimum Gasteiger partial charge on any atom is -0.351 e. The lowest BCUT2D eigenvalue weighted by molar-refractivity contribution is -0.184. The van der Waals surface area contributed by atoms with E-state index in [9.17, 15) is 19.2 Å². The molecule has 4 N–H and O–H groups in total. The summed E-state index contributed by atoms with van der Waals surface area (Å²) in [6.07, 6.45) is 0.754. The molecule has 0 unspecified atom stereocenters. The SMILES string of the molecule is NC(=O)NC(=O)OOC(=O)N1CCCCCCNC1=O. The number of hydrogen-bond donors (Lipinski definition) is 3. The number of amides is 6. The van der Waals surface area contributed by atoms with Crippen LogP contribution >= 0.6 is 0 Å². The van der Waals surface area contributed by atoms with Crippen LogP contribution in [0.25, 0.3) is 0 Å². The Hall–Kier alpha value is -2.52. The van der Waals surface area contributed by atoms with Crippen molar-refractivity contribution < 1.29 is 29.0 Å². The van der Waals surface area contributed by atoms with Gasteiger partial charge in [-0.3, -0.25) is 0 Å². The van der Waals surface area contributed by atoms with Gasteiger partial charge < -0.3 is 11.1 Å². The number of carbonyl (C=O) groups is 4. The van der Waals surface area contributed by atoms with Crippen LogP contribution in [0.3, 0.4) is 0 Å². The first kappa shape index (κ1) is 15.5. The molecule has 0 atom stereocenters. The summed E-state index contributed by atoms with van der Waals surface area (Å²) in [6, 6.07) is -1.79. The monoisotopic (exact) mass is 288 g/mol. The zero-order valence-corrected chi connectivity index (χ0v) is 10.7. The van der Waals surface area contributed by atoms with Gasteiger partial charge in [0.05, 0.1) is 0 Å². The first-order valence-electron chi connectivity index (χ1n) is 6.05. The summed E-state index contributed by atoms with van der Waals surface area (Å²) in [5, 5.41) is 4.06. The van der Waals surface area contributed by atoms with Crippen molar-refractivity contribution >= 4 is 24.2 Å². The second-order valence-corrected chi connectivity index (χ2v) is 4.01. The zero-order valence-electron chi connectivity index (χ0n) is 10.7. The molecule has 1 aliphatic heterocycles. The van der Waals surface area contributed by atoms with E-state index >= 15 is 0 Å². The highest BCUT2D eigenvalue weighted by Crippen LogP contribution is 2.06. The maximum atomic E-state index is 11.7. The lowest BCUT2D eigenvalue weighted by Gasteiger charge is -2.18. The van der Waals surface area contributed by atoms with Gasteiger partial charge in [0.2, 0.25) is 0 Å². The van der Waals surface area contributed by atoms with Gasteiger partial charge in [0, 0.05) is 13.1 Å². The third kappa shape index (κ3) is 5.42. The molecule has 20 heavy (non-hydrogen) atoms. The predicted octanol–water partition coefficient (Wildman–Crippen LogP) is 0.428. The van der Waals surface area contributed by atoms with E-state index in [1.54, 1.807) is 0 Å². The average molecular weight is 288 g/mol. The van der Waals surface area contributed by atoms with Crippen molar-refractivity contribution in [1.82, 2.24) is 15.5 Å². The van der Waals surface area contributed by atoms with E-state index in [1.807, 2.05) is 0 Å². The Labute approximate surface area is 114 Å². The molecule has 0 radical (unpaired) electrons. The highest BCUT2D eigenvalue weighted by atomic mass is 17.2. The quantitative estimate of drug-likeness (QED) is 0.436. The summed E-state index contributed by atoms with van der Waals surface area (Å²) < 4.78 is 0. The van der Waals surface area contributed by atoms with Crippen LogP contribution in [0.15, 0.2) is 0 Å². The number of hydrogen-bond acceptors (Lipinski definition) is 6. The van der Waals surface area contributed by atoms with Crippen molar-refractivity contribution in [1.29, 1.82) is 0 Å². The van der Waals surface area contributed by atoms with E-state index in [1.165, 1.54) is 5.32 Å². The van der Waals surface area contributed by atoms with E-state index in [0.29, 0.717) is 13.0 Å². The molecule has 10 heteroatoms. The molecule has 0 aromatic heterocycles. The molecule has 1 saturated heterocycles. The van der Waals surface area contributed by atoms with Crippen LogP contribution in [-0.4, -0.2) is 42.2 Å².